The lowest BCUT2D eigenvalue weighted by atomic mass is 9.99. The number of benzene rings is 1. The van der Waals surface area contributed by atoms with Gasteiger partial charge in [0.25, 0.3) is 0 Å². The van der Waals surface area contributed by atoms with Crippen LogP contribution in [0.25, 0.3) is 16.9 Å². The third kappa shape index (κ3) is 3.59. The highest BCUT2D eigenvalue weighted by molar-refractivity contribution is 9.10. The molecule has 0 saturated carbocycles. The van der Waals surface area contributed by atoms with Crippen molar-refractivity contribution >= 4 is 27.7 Å². The van der Waals surface area contributed by atoms with E-state index in [1.54, 1.807) is 0 Å². The van der Waals surface area contributed by atoms with Crippen LogP contribution in [0.4, 0.5) is 4.79 Å². The maximum Gasteiger partial charge on any atom is 0.405 e. The monoisotopic (exact) mass is 387 g/mol. The predicted octanol–water partition coefficient (Wildman–Crippen LogP) is 4.18. The SMILES string of the molecule is CC(C)(Cc1cc2nc(-c3ccccc3)cn2cc1Br)OC(N)=O. The van der Waals surface area contributed by atoms with Crippen LogP contribution in [0.3, 0.4) is 0 Å². The fourth-order valence-electron chi connectivity index (χ4n) is 2.70. The standard InChI is InChI=1S/C18H18BrN3O2/c1-18(2,24-17(20)23)9-13-8-16-21-15(11-22(16)10-14(13)19)12-6-4-3-5-7-12/h3-8,10-11H,9H2,1-2H3,(H2,20,23). The Labute approximate surface area is 148 Å². The maximum absolute atomic E-state index is 11.0. The van der Waals surface area contributed by atoms with E-state index in [0.29, 0.717) is 6.42 Å². The highest BCUT2D eigenvalue weighted by atomic mass is 79.9. The van der Waals surface area contributed by atoms with Crippen LogP contribution in [0.15, 0.2) is 53.3 Å². The maximum atomic E-state index is 11.0. The summed E-state index contributed by atoms with van der Waals surface area (Å²) in [6, 6.07) is 12.0. The van der Waals surface area contributed by atoms with Gasteiger partial charge in [0.05, 0.1) is 5.69 Å². The van der Waals surface area contributed by atoms with Gasteiger partial charge in [-0.05, 0) is 41.4 Å². The summed E-state index contributed by atoms with van der Waals surface area (Å²) in [6.45, 7) is 3.66. The molecule has 0 aliphatic heterocycles. The molecule has 2 aromatic heterocycles. The van der Waals surface area contributed by atoms with Crippen molar-refractivity contribution in [2.24, 2.45) is 5.73 Å². The van der Waals surface area contributed by atoms with Gasteiger partial charge in [-0.1, -0.05) is 30.3 Å². The molecule has 0 saturated heterocycles. The summed E-state index contributed by atoms with van der Waals surface area (Å²) >= 11 is 3.58. The number of ether oxygens (including phenoxy) is 1. The van der Waals surface area contributed by atoms with Crippen molar-refractivity contribution in [2.75, 3.05) is 0 Å². The molecule has 0 spiro atoms. The fraction of sp³-hybridized carbons (Fsp3) is 0.222. The molecule has 24 heavy (non-hydrogen) atoms. The van der Waals surface area contributed by atoms with Crippen LogP contribution in [0.5, 0.6) is 0 Å². The van der Waals surface area contributed by atoms with Crippen molar-refractivity contribution in [1.82, 2.24) is 9.38 Å². The van der Waals surface area contributed by atoms with Crippen LogP contribution in [-0.4, -0.2) is 21.1 Å². The molecule has 2 heterocycles. The number of nitrogens with zero attached hydrogens (tertiary/aromatic N) is 2. The molecule has 124 valence electrons. The van der Waals surface area contributed by atoms with E-state index in [1.165, 1.54) is 0 Å². The molecule has 1 amide bonds. The van der Waals surface area contributed by atoms with Gasteiger partial charge >= 0.3 is 6.09 Å². The van der Waals surface area contributed by atoms with Crippen molar-refractivity contribution in [3.05, 3.63) is 58.8 Å². The third-order valence-electron chi connectivity index (χ3n) is 3.69. The summed E-state index contributed by atoms with van der Waals surface area (Å²) in [5.74, 6) is 0. The Hall–Kier alpha value is -2.34. The number of halogens is 1. The van der Waals surface area contributed by atoms with Gasteiger partial charge in [-0.2, -0.15) is 0 Å². The van der Waals surface area contributed by atoms with E-state index in [2.05, 4.69) is 20.9 Å². The number of fused-ring (bicyclic) bond motifs is 1. The summed E-state index contributed by atoms with van der Waals surface area (Å²) in [7, 11) is 0. The van der Waals surface area contributed by atoms with E-state index in [4.69, 9.17) is 10.5 Å². The zero-order chi connectivity index (χ0) is 17.3. The van der Waals surface area contributed by atoms with Crippen molar-refractivity contribution in [3.63, 3.8) is 0 Å². The van der Waals surface area contributed by atoms with Crippen LogP contribution in [0, 0.1) is 0 Å². The van der Waals surface area contributed by atoms with Gasteiger partial charge in [-0.3, -0.25) is 0 Å². The smallest absolute Gasteiger partial charge is 0.405 e. The first-order valence-electron chi connectivity index (χ1n) is 7.55. The molecule has 1 aromatic carbocycles. The largest absolute Gasteiger partial charge is 0.443 e. The Balaban J connectivity index is 1.96. The molecular weight excluding hydrogens is 370 g/mol. The molecule has 0 aliphatic carbocycles. The predicted molar refractivity (Wildman–Crippen MR) is 96.8 cm³/mol. The van der Waals surface area contributed by atoms with Gasteiger partial charge in [0.2, 0.25) is 0 Å². The Morgan fingerprint density at radius 1 is 1.29 bits per heavy atom. The number of hydrogen-bond donors (Lipinski definition) is 1. The number of amides is 1. The minimum absolute atomic E-state index is 0.528. The van der Waals surface area contributed by atoms with Crippen LogP contribution in [0.1, 0.15) is 19.4 Å². The summed E-state index contributed by atoms with van der Waals surface area (Å²) in [6.07, 6.45) is 3.71. The lowest BCUT2D eigenvalue weighted by molar-refractivity contribution is 0.0459. The molecule has 2 N–H and O–H groups in total. The topological polar surface area (TPSA) is 69.6 Å². The molecule has 0 radical (unpaired) electrons. The second-order valence-corrected chi connectivity index (χ2v) is 7.12. The lowest BCUT2D eigenvalue weighted by Gasteiger charge is -2.24. The highest BCUT2D eigenvalue weighted by Crippen LogP contribution is 2.27. The van der Waals surface area contributed by atoms with Crippen molar-refractivity contribution in [2.45, 2.75) is 25.9 Å². The van der Waals surface area contributed by atoms with Crippen LogP contribution < -0.4 is 5.73 Å². The molecule has 0 atom stereocenters. The van der Waals surface area contributed by atoms with Crippen LogP contribution in [-0.2, 0) is 11.2 Å². The molecular formula is C18H18BrN3O2. The number of carbonyl (C=O) groups excluding carboxylic acids is 1. The number of primary amides is 1. The minimum Gasteiger partial charge on any atom is -0.443 e. The number of nitrogens with two attached hydrogens (primary N) is 1. The molecule has 3 aromatic rings. The first-order valence-corrected chi connectivity index (χ1v) is 8.34. The van der Waals surface area contributed by atoms with Crippen molar-refractivity contribution in [3.8, 4) is 11.3 Å². The van der Waals surface area contributed by atoms with E-state index in [9.17, 15) is 4.79 Å². The van der Waals surface area contributed by atoms with Gasteiger partial charge in [0, 0.05) is 28.9 Å². The Kier molecular flexibility index (Phi) is 4.32. The Morgan fingerprint density at radius 2 is 2.00 bits per heavy atom. The summed E-state index contributed by atoms with van der Waals surface area (Å²) in [5.41, 5.74) is 8.26. The molecule has 0 aliphatic rings. The molecule has 0 fully saturated rings. The highest BCUT2D eigenvalue weighted by Gasteiger charge is 2.24. The second-order valence-electron chi connectivity index (χ2n) is 6.26. The lowest BCUT2D eigenvalue weighted by Crippen LogP contribution is -2.33. The summed E-state index contributed by atoms with van der Waals surface area (Å²) in [5, 5.41) is 0. The second kappa shape index (κ2) is 6.28. The molecule has 3 rings (SSSR count). The van der Waals surface area contributed by atoms with E-state index >= 15 is 0 Å². The zero-order valence-corrected chi connectivity index (χ0v) is 15.1. The van der Waals surface area contributed by atoms with E-state index in [1.807, 2.05) is 67.0 Å². The number of rotatable bonds is 4. The van der Waals surface area contributed by atoms with E-state index in [0.717, 1.165) is 26.9 Å². The number of carbonyl (C=O) groups is 1. The Morgan fingerprint density at radius 3 is 2.67 bits per heavy atom. The van der Waals surface area contributed by atoms with Crippen LogP contribution in [0.2, 0.25) is 0 Å². The summed E-state index contributed by atoms with van der Waals surface area (Å²) in [4.78, 5) is 15.7. The van der Waals surface area contributed by atoms with Crippen LogP contribution >= 0.6 is 15.9 Å². The van der Waals surface area contributed by atoms with Gasteiger partial charge in [-0.15, -0.1) is 0 Å². The van der Waals surface area contributed by atoms with E-state index < -0.39 is 11.7 Å². The van der Waals surface area contributed by atoms with Gasteiger partial charge in [0.1, 0.15) is 11.2 Å². The first kappa shape index (κ1) is 16.5. The number of pyridine rings is 1. The van der Waals surface area contributed by atoms with Gasteiger partial charge < -0.3 is 14.9 Å². The van der Waals surface area contributed by atoms with Gasteiger partial charge in [-0.25, -0.2) is 9.78 Å². The third-order valence-corrected chi connectivity index (χ3v) is 4.40. The average Bonchev–Trinajstić information content (AvgIpc) is 2.89. The molecule has 5 nitrogen and oxygen atoms in total. The fourth-order valence-corrected chi connectivity index (χ4v) is 3.17. The minimum atomic E-state index is -0.774. The number of aromatic nitrogens is 2. The first-order chi connectivity index (χ1) is 11.3. The molecule has 6 heteroatoms. The van der Waals surface area contributed by atoms with Crippen molar-refractivity contribution in [1.29, 1.82) is 0 Å². The quantitative estimate of drug-likeness (QED) is 0.729. The van der Waals surface area contributed by atoms with E-state index in [-0.39, 0.29) is 0 Å². The zero-order valence-electron chi connectivity index (χ0n) is 13.5. The average molecular weight is 388 g/mol. The number of imidazole rings is 1. The normalized spacial score (nSPS) is 11.6. The number of hydrogen-bond acceptors (Lipinski definition) is 3. The summed E-state index contributed by atoms with van der Waals surface area (Å²) < 4.78 is 8.07. The van der Waals surface area contributed by atoms with Gasteiger partial charge in [0.15, 0.2) is 0 Å². The van der Waals surface area contributed by atoms with Crippen molar-refractivity contribution < 1.29 is 9.53 Å². The Bertz CT molecular complexity index is 888. The molecule has 0 unspecified atom stereocenters. The molecule has 0 bridgehead atoms.